The monoisotopic (exact) mass is 259 g/mol. The summed E-state index contributed by atoms with van der Waals surface area (Å²) in [5, 5.41) is 3.30. The lowest BCUT2D eigenvalue weighted by atomic mass is 10.1. The van der Waals surface area contributed by atoms with Gasteiger partial charge in [0, 0.05) is 43.8 Å². The van der Waals surface area contributed by atoms with E-state index in [1.54, 1.807) is 16.7 Å². The van der Waals surface area contributed by atoms with Crippen LogP contribution in [0.1, 0.15) is 24.9 Å². The number of pyridine rings is 1. The lowest BCUT2D eigenvalue weighted by Gasteiger charge is -2.11. The Morgan fingerprint density at radius 3 is 2.74 bits per heavy atom. The molecule has 0 fully saturated rings. The molecule has 1 atom stereocenters. The fourth-order valence-electron chi connectivity index (χ4n) is 2.28. The van der Waals surface area contributed by atoms with E-state index in [1.807, 2.05) is 19.3 Å². The van der Waals surface area contributed by atoms with E-state index < -0.39 is 0 Å². The van der Waals surface area contributed by atoms with Gasteiger partial charge in [-0.2, -0.15) is 0 Å². The minimum Gasteiger partial charge on any atom is -0.352 e. The smallest absolute Gasteiger partial charge is 0.250 e. The third-order valence-corrected chi connectivity index (χ3v) is 3.43. The van der Waals surface area contributed by atoms with E-state index in [9.17, 15) is 4.79 Å². The molecule has 4 heteroatoms. The normalized spacial score (nSPS) is 12.5. The highest BCUT2D eigenvalue weighted by atomic mass is 16.1. The predicted octanol–water partition coefficient (Wildman–Crippen LogP) is 2.02. The zero-order chi connectivity index (χ0) is 13.7. The van der Waals surface area contributed by atoms with Crippen molar-refractivity contribution >= 4 is 0 Å². The van der Waals surface area contributed by atoms with Gasteiger partial charge in [0.2, 0.25) is 0 Å². The molecule has 0 aromatic carbocycles. The van der Waals surface area contributed by atoms with Gasteiger partial charge in [-0.05, 0) is 31.2 Å². The summed E-state index contributed by atoms with van der Waals surface area (Å²) in [6, 6.07) is 7.79. The van der Waals surface area contributed by atoms with Crippen molar-refractivity contribution in [2.45, 2.75) is 32.5 Å². The number of aromatic nitrogens is 2. The molecule has 2 aromatic rings. The minimum atomic E-state index is 0.0524. The van der Waals surface area contributed by atoms with Gasteiger partial charge in [-0.15, -0.1) is 0 Å². The van der Waals surface area contributed by atoms with Crippen LogP contribution in [0.4, 0.5) is 0 Å². The van der Waals surface area contributed by atoms with Crippen molar-refractivity contribution in [2.24, 2.45) is 0 Å². The fourth-order valence-corrected chi connectivity index (χ4v) is 2.28. The first-order valence-corrected chi connectivity index (χ1v) is 6.73. The van der Waals surface area contributed by atoms with Gasteiger partial charge in [-0.1, -0.05) is 13.0 Å². The quantitative estimate of drug-likeness (QED) is 0.862. The molecule has 0 aliphatic rings. The summed E-state index contributed by atoms with van der Waals surface area (Å²) in [5.74, 6) is 0. The summed E-state index contributed by atoms with van der Waals surface area (Å²) in [7, 11) is 1.98. The second kappa shape index (κ2) is 6.38. The molecule has 0 aliphatic heterocycles. The molecule has 1 N–H and O–H groups in total. The molecule has 2 heterocycles. The van der Waals surface area contributed by atoms with E-state index in [-0.39, 0.29) is 5.56 Å². The van der Waals surface area contributed by atoms with Gasteiger partial charge in [0.05, 0.1) is 0 Å². The average Bonchev–Trinajstić information content (AvgIpc) is 2.88. The SMILES string of the molecule is CCC(NC)c1ccn(CCn2ccccc2=O)c1. The maximum absolute atomic E-state index is 11.6. The second-order valence-electron chi connectivity index (χ2n) is 4.66. The highest BCUT2D eigenvalue weighted by molar-refractivity contribution is 5.15. The number of nitrogens with one attached hydrogen (secondary N) is 1. The van der Waals surface area contributed by atoms with Gasteiger partial charge in [-0.3, -0.25) is 4.79 Å². The molecule has 0 bridgehead atoms. The van der Waals surface area contributed by atoms with Crippen LogP contribution in [0.5, 0.6) is 0 Å². The van der Waals surface area contributed by atoms with Crippen LogP contribution in [0.3, 0.4) is 0 Å². The lowest BCUT2D eigenvalue weighted by Crippen LogP contribution is -2.20. The van der Waals surface area contributed by atoms with Crippen molar-refractivity contribution in [1.29, 1.82) is 0 Å². The van der Waals surface area contributed by atoms with Crippen LogP contribution < -0.4 is 10.9 Å². The summed E-state index contributed by atoms with van der Waals surface area (Å²) in [6.07, 6.45) is 7.12. The molecular formula is C15H21N3O. The Morgan fingerprint density at radius 1 is 1.21 bits per heavy atom. The molecule has 0 saturated carbocycles. The van der Waals surface area contributed by atoms with Gasteiger partial charge >= 0.3 is 0 Å². The first-order valence-electron chi connectivity index (χ1n) is 6.73. The molecule has 2 rings (SSSR count). The van der Waals surface area contributed by atoms with Gasteiger partial charge in [0.1, 0.15) is 0 Å². The first-order chi connectivity index (χ1) is 9.24. The zero-order valence-electron chi connectivity index (χ0n) is 11.5. The molecule has 0 aliphatic carbocycles. The Labute approximate surface area is 113 Å². The summed E-state index contributed by atoms with van der Waals surface area (Å²) in [6.45, 7) is 3.68. The molecule has 19 heavy (non-hydrogen) atoms. The largest absolute Gasteiger partial charge is 0.352 e. The molecule has 4 nitrogen and oxygen atoms in total. The topological polar surface area (TPSA) is 39.0 Å². The number of rotatable bonds is 6. The van der Waals surface area contributed by atoms with Crippen molar-refractivity contribution in [1.82, 2.24) is 14.5 Å². The lowest BCUT2D eigenvalue weighted by molar-refractivity contribution is 0.554. The van der Waals surface area contributed by atoms with Crippen LogP contribution in [0.25, 0.3) is 0 Å². The molecule has 102 valence electrons. The molecule has 0 amide bonds. The van der Waals surface area contributed by atoms with E-state index in [2.05, 4.69) is 35.3 Å². The third kappa shape index (κ3) is 3.35. The van der Waals surface area contributed by atoms with Gasteiger partial charge in [0.15, 0.2) is 0 Å². The van der Waals surface area contributed by atoms with Gasteiger partial charge in [0.25, 0.3) is 5.56 Å². The Morgan fingerprint density at radius 2 is 2.05 bits per heavy atom. The number of hydrogen-bond donors (Lipinski definition) is 1. The summed E-state index contributed by atoms with van der Waals surface area (Å²) >= 11 is 0. The minimum absolute atomic E-state index is 0.0524. The Hall–Kier alpha value is -1.81. The third-order valence-electron chi connectivity index (χ3n) is 3.43. The maximum Gasteiger partial charge on any atom is 0.250 e. The van der Waals surface area contributed by atoms with E-state index in [0.29, 0.717) is 12.6 Å². The maximum atomic E-state index is 11.6. The standard InChI is InChI=1S/C15H21N3O/c1-3-14(16-2)13-7-9-17(12-13)10-11-18-8-5-4-6-15(18)19/h4-9,12,14,16H,3,10-11H2,1-2H3. The Bertz CT molecular complexity index is 567. The summed E-state index contributed by atoms with van der Waals surface area (Å²) in [4.78, 5) is 11.6. The van der Waals surface area contributed by atoms with E-state index in [4.69, 9.17) is 0 Å². The fraction of sp³-hybridized carbons (Fsp3) is 0.400. The van der Waals surface area contributed by atoms with Crippen LogP contribution in [-0.2, 0) is 13.1 Å². The number of aryl methyl sites for hydroxylation is 2. The number of nitrogens with zero attached hydrogens (tertiary/aromatic N) is 2. The first kappa shape index (κ1) is 13.6. The van der Waals surface area contributed by atoms with Crippen molar-refractivity contribution < 1.29 is 0 Å². The van der Waals surface area contributed by atoms with Crippen LogP contribution in [0.15, 0.2) is 47.7 Å². The molecule has 0 spiro atoms. The summed E-state index contributed by atoms with van der Waals surface area (Å²) in [5.41, 5.74) is 1.35. The van der Waals surface area contributed by atoms with Crippen molar-refractivity contribution in [3.63, 3.8) is 0 Å². The predicted molar refractivity (Wildman–Crippen MR) is 77.2 cm³/mol. The molecule has 1 unspecified atom stereocenters. The molecular weight excluding hydrogens is 238 g/mol. The zero-order valence-corrected chi connectivity index (χ0v) is 11.5. The molecule has 0 saturated heterocycles. The molecule has 2 aromatic heterocycles. The van der Waals surface area contributed by atoms with Crippen molar-refractivity contribution in [2.75, 3.05) is 7.05 Å². The average molecular weight is 259 g/mol. The molecule has 0 radical (unpaired) electrons. The van der Waals surface area contributed by atoms with Crippen LogP contribution in [0, 0.1) is 0 Å². The van der Waals surface area contributed by atoms with Crippen LogP contribution in [-0.4, -0.2) is 16.2 Å². The van der Waals surface area contributed by atoms with Crippen molar-refractivity contribution in [3.05, 3.63) is 58.8 Å². The Balaban J connectivity index is 2.01. The number of hydrogen-bond acceptors (Lipinski definition) is 2. The summed E-state index contributed by atoms with van der Waals surface area (Å²) < 4.78 is 3.86. The van der Waals surface area contributed by atoms with E-state index in [1.165, 1.54) is 5.56 Å². The highest BCUT2D eigenvalue weighted by Crippen LogP contribution is 2.16. The van der Waals surface area contributed by atoms with Gasteiger partial charge < -0.3 is 14.5 Å². The van der Waals surface area contributed by atoms with E-state index in [0.717, 1.165) is 13.0 Å². The van der Waals surface area contributed by atoms with Crippen LogP contribution >= 0.6 is 0 Å². The highest BCUT2D eigenvalue weighted by Gasteiger charge is 2.07. The van der Waals surface area contributed by atoms with Crippen molar-refractivity contribution in [3.8, 4) is 0 Å². The Kier molecular flexibility index (Phi) is 4.58. The second-order valence-corrected chi connectivity index (χ2v) is 4.66. The van der Waals surface area contributed by atoms with Crippen LogP contribution in [0.2, 0.25) is 0 Å². The van der Waals surface area contributed by atoms with E-state index >= 15 is 0 Å². The van der Waals surface area contributed by atoms with Gasteiger partial charge in [-0.25, -0.2) is 0 Å².